The molecule has 0 radical (unpaired) electrons. The van der Waals surface area contributed by atoms with E-state index in [0.29, 0.717) is 23.7 Å². The van der Waals surface area contributed by atoms with Gasteiger partial charge < -0.3 is 14.9 Å². The topological polar surface area (TPSA) is 66.8 Å². The van der Waals surface area contributed by atoms with E-state index >= 15 is 0 Å². The summed E-state index contributed by atoms with van der Waals surface area (Å²) in [5.74, 6) is 2.52. The minimum absolute atomic E-state index is 0.148. The van der Waals surface area contributed by atoms with Gasteiger partial charge in [0.1, 0.15) is 5.75 Å². The summed E-state index contributed by atoms with van der Waals surface area (Å²) in [6.07, 6.45) is 9.68. The van der Waals surface area contributed by atoms with Crippen molar-refractivity contribution in [1.29, 1.82) is 0 Å². The molecule has 0 saturated heterocycles. The average molecular weight is 389 g/mol. The van der Waals surface area contributed by atoms with E-state index in [1.165, 1.54) is 30.4 Å². The molecule has 4 nitrogen and oxygen atoms in total. The second-order valence-corrected chi connectivity index (χ2v) is 9.01. The van der Waals surface area contributed by atoms with Crippen LogP contribution in [0.5, 0.6) is 5.75 Å². The maximum atomic E-state index is 10.9. The molecule has 1 unspecified atom stereocenters. The van der Waals surface area contributed by atoms with Crippen LogP contribution in [0.1, 0.15) is 69.9 Å². The summed E-state index contributed by atoms with van der Waals surface area (Å²) >= 11 is 0. The third-order valence-corrected chi connectivity index (χ3v) is 7.04. The summed E-state index contributed by atoms with van der Waals surface area (Å²) < 4.78 is 5.56. The van der Waals surface area contributed by atoms with Crippen LogP contribution in [-0.2, 0) is 17.6 Å². The van der Waals surface area contributed by atoms with Crippen LogP contribution in [0.15, 0.2) is 18.2 Å². The molecule has 0 aliphatic heterocycles. The first-order valence-electron chi connectivity index (χ1n) is 11.1. The summed E-state index contributed by atoms with van der Waals surface area (Å²) in [5, 5.41) is 19.3. The Morgan fingerprint density at radius 2 is 2.07 bits per heavy atom. The number of hydrogen-bond donors (Lipinski definition) is 2. The number of aliphatic carboxylic acids is 1. The monoisotopic (exact) mass is 388 g/mol. The maximum Gasteiger partial charge on any atom is 0.341 e. The van der Waals surface area contributed by atoms with Crippen LogP contribution in [0.3, 0.4) is 0 Å². The molecule has 0 amide bonds. The second-order valence-electron chi connectivity index (χ2n) is 9.01. The number of fused-ring (bicyclic) bond motifs is 2. The molecule has 156 valence electrons. The van der Waals surface area contributed by atoms with E-state index in [0.717, 1.165) is 44.3 Å². The van der Waals surface area contributed by atoms with Gasteiger partial charge in [0.25, 0.3) is 0 Å². The Morgan fingerprint density at radius 3 is 2.82 bits per heavy atom. The lowest BCUT2D eigenvalue weighted by atomic mass is 9.73. The van der Waals surface area contributed by atoms with Crippen molar-refractivity contribution in [3.8, 4) is 5.75 Å². The first-order chi connectivity index (χ1) is 13.5. The highest BCUT2D eigenvalue weighted by Crippen LogP contribution is 2.50. The van der Waals surface area contributed by atoms with Crippen LogP contribution < -0.4 is 4.74 Å². The maximum absolute atomic E-state index is 10.9. The Bertz CT molecular complexity index is 656. The van der Waals surface area contributed by atoms with Gasteiger partial charge in [0, 0.05) is 0 Å². The normalized spacial score (nSPS) is 27.1. The summed E-state index contributed by atoms with van der Waals surface area (Å²) in [4.78, 5) is 10.9. The van der Waals surface area contributed by atoms with Crippen molar-refractivity contribution in [2.24, 2.45) is 23.7 Å². The first-order valence-corrected chi connectivity index (χ1v) is 11.1. The number of rotatable bonds is 10. The van der Waals surface area contributed by atoms with Gasteiger partial charge >= 0.3 is 5.97 Å². The fraction of sp³-hybridized carbons (Fsp3) is 0.708. The van der Waals surface area contributed by atoms with Gasteiger partial charge in [-0.3, -0.25) is 0 Å². The Balaban J connectivity index is 1.62. The molecular weight excluding hydrogens is 352 g/mol. The molecule has 2 aliphatic carbocycles. The van der Waals surface area contributed by atoms with Crippen molar-refractivity contribution < 1.29 is 19.7 Å². The fourth-order valence-corrected chi connectivity index (χ4v) is 5.63. The van der Waals surface area contributed by atoms with Gasteiger partial charge in [0.05, 0.1) is 6.10 Å². The molecule has 28 heavy (non-hydrogen) atoms. The molecule has 0 aromatic heterocycles. The van der Waals surface area contributed by atoms with Crippen molar-refractivity contribution in [3.63, 3.8) is 0 Å². The van der Waals surface area contributed by atoms with E-state index in [1.807, 2.05) is 12.1 Å². The molecular formula is C24H36O4. The Hall–Kier alpha value is -1.55. The molecule has 1 aromatic carbocycles. The third-order valence-electron chi connectivity index (χ3n) is 7.04. The lowest BCUT2D eigenvalue weighted by molar-refractivity contribution is -0.139. The molecule has 2 aliphatic rings. The van der Waals surface area contributed by atoms with Gasteiger partial charge in [0.2, 0.25) is 0 Å². The lowest BCUT2D eigenvalue weighted by Gasteiger charge is -2.33. The van der Waals surface area contributed by atoms with Crippen LogP contribution in [0.25, 0.3) is 0 Å². The van der Waals surface area contributed by atoms with Gasteiger partial charge in [-0.25, -0.2) is 4.79 Å². The zero-order valence-corrected chi connectivity index (χ0v) is 17.4. The van der Waals surface area contributed by atoms with Crippen molar-refractivity contribution in [3.05, 3.63) is 29.3 Å². The molecule has 5 atom stereocenters. The van der Waals surface area contributed by atoms with Crippen molar-refractivity contribution >= 4 is 5.97 Å². The molecule has 2 N–H and O–H groups in total. The highest BCUT2D eigenvalue weighted by molar-refractivity contribution is 5.68. The third kappa shape index (κ3) is 5.08. The van der Waals surface area contributed by atoms with E-state index in [2.05, 4.69) is 19.9 Å². The number of ether oxygens (including phenoxy) is 1. The summed E-state index contributed by atoms with van der Waals surface area (Å²) in [7, 11) is 0. The predicted octanol–water partition coefficient (Wildman–Crippen LogP) is 4.86. The standard InChI is InChI=1S/C24H36O4/c1-3-4-5-8-19(25)10-11-20-16(2)12-18-14-22-17(13-21(18)20)7-6-9-23(22)28-15-24(26)27/h6-7,9,16,18-21,25H,3-5,8,10-15H2,1-2H3,(H,26,27)/t16-,18?,19+,20+,21+/m1/s1. The van der Waals surface area contributed by atoms with Crippen LogP contribution in [0, 0.1) is 23.7 Å². The van der Waals surface area contributed by atoms with E-state index in [-0.39, 0.29) is 12.7 Å². The molecule has 4 heteroatoms. The Kier molecular flexibility index (Phi) is 7.39. The number of carbonyl (C=O) groups is 1. The molecule has 3 rings (SSSR count). The molecule has 1 saturated carbocycles. The van der Waals surface area contributed by atoms with Gasteiger partial charge in [-0.15, -0.1) is 0 Å². The number of unbranched alkanes of at least 4 members (excludes halogenated alkanes) is 2. The zero-order chi connectivity index (χ0) is 20.1. The zero-order valence-electron chi connectivity index (χ0n) is 17.4. The van der Waals surface area contributed by atoms with Gasteiger partial charge in [-0.1, -0.05) is 45.2 Å². The van der Waals surface area contributed by atoms with E-state index in [1.54, 1.807) is 0 Å². The number of aliphatic hydroxyl groups is 1. The number of carboxylic acid groups (broad SMARTS) is 1. The van der Waals surface area contributed by atoms with Gasteiger partial charge in [0.15, 0.2) is 6.61 Å². The molecule has 1 aromatic rings. The second kappa shape index (κ2) is 9.78. The highest BCUT2D eigenvalue weighted by Gasteiger charge is 2.43. The van der Waals surface area contributed by atoms with Crippen molar-refractivity contribution in [2.45, 2.75) is 77.7 Å². The fourth-order valence-electron chi connectivity index (χ4n) is 5.63. The van der Waals surface area contributed by atoms with Crippen LogP contribution in [0.2, 0.25) is 0 Å². The van der Waals surface area contributed by atoms with E-state index in [4.69, 9.17) is 9.84 Å². The summed E-state index contributed by atoms with van der Waals surface area (Å²) in [6.45, 7) is 4.30. The highest BCUT2D eigenvalue weighted by atomic mass is 16.5. The quantitative estimate of drug-likeness (QED) is 0.562. The number of carboxylic acids is 1. The minimum atomic E-state index is -0.932. The number of hydrogen-bond acceptors (Lipinski definition) is 3. The van der Waals surface area contributed by atoms with Gasteiger partial charge in [-0.2, -0.15) is 0 Å². The average Bonchev–Trinajstić information content (AvgIpc) is 2.97. The predicted molar refractivity (Wildman–Crippen MR) is 111 cm³/mol. The lowest BCUT2D eigenvalue weighted by Crippen LogP contribution is -2.27. The van der Waals surface area contributed by atoms with E-state index < -0.39 is 5.97 Å². The van der Waals surface area contributed by atoms with E-state index in [9.17, 15) is 9.90 Å². The number of aliphatic hydroxyl groups excluding tert-OH is 1. The van der Waals surface area contributed by atoms with Crippen LogP contribution in [-0.4, -0.2) is 28.9 Å². The van der Waals surface area contributed by atoms with Crippen molar-refractivity contribution in [2.75, 3.05) is 6.61 Å². The smallest absolute Gasteiger partial charge is 0.341 e. The Labute approximate surface area is 169 Å². The minimum Gasteiger partial charge on any atom is -0.482 e. The summed E-state index contributed by atoms with van der Waals surface area (Å²) in [5.41, 5.74) is 2.55. The largest absolute Gasteiger partial charge is 0.482 e. The number of benzene rings is 1. The molecule has 0 heterocycles. The van der Waals surface area contributed by atoms with Crippen LogP contribution >= 0.6 is 0 Å². The molecule has 0 spiro atoms. The van der Waals surface area contributed by atoms with Crippen molar-refractivity contribution in [1.82, 2.24) is 0 Å². The SMILES string of the molecule is CCCCC[C@H](O)CC[C@H]1[C@H](C)CC2Cc3c(cccc3OCC(=O)O)C[C@@H]21. The summed E-state index contributed by atoms with van der Waals surface area (Å²) in [6, 6.07) is 6.07. The van der Waals surface area contributed by atoms with Crippen LogP contribution in [0.4, 0.5) is 0 Å². The Morgan fingerprint density at radius 1 is 1.25 bits per heavy atom. The molecule has 0 bridgehead atoms. The molecule has 1 fully saturated rings. The van der Waals surface area contributed by atoms with Gasteiger partial charge in [-0.05, 0) is 79.4 Å². The first kappa shape index (κ1) is 21.2.